The van der Waals surface area contributed by atoms with E-state index in [2.05, 4.69) is 27.8 Å². The van der Waals surface area contributed by atoms with Crippen molar-refractivity contribution in [3.05, 3.63) is 46.9 Å². The summed E-state index contributed by atoms with van der Waals surface area (Å²) < 4.78 is 14.0. The number of aryl methyl sites for hydroxylation is 2. The molecule has 1 aliphatic rings. The lowest BCUT2D eigenvalue weighted by Crippen LogP contribution is -2.47. The molecule has 4 rings (SSSR count). The van der Waals surface area contributed by atoms with Crippen LogP contribution in [0.4, 0.5) is 15.9 Å². The Morgan fingerprint density at radius 1 is 1.08 bits per heavy atom. The van der Waals surface area contributed by atoms with E-state index in [1.54, 1.807) is 17.4 Å². The number of rotatable bonds is 3. The van der Waals surface area contributed by atoms with Gasteiger partial charge in [-0.1, -0.05) is 19.1 Å². The summed E-state index contributed by atoms with van der Waals surface area (Å²) >= 11 is 1.75. The molecule has 0 bridgehead atoms. The topological polar surface area (TPSA) is 32.3 Å². The lowest BCUT2D eigenvalue weighted by molar-refractivity contribution is 0.596. The van der Waals surface area contributed by atoms with E-state index >= 15 is 0 Å². The first-order chi connectivity index (χ1) is 12.2. The third-order valence-electron chi connectivity index (χ3n) is 4.66. The number of fused-ring (bicyclic) bond motifs is 1. The van der Waals surface area contributed by atoms with Crippen molar-refractivity contribution in [2.45, 2.75) is 20.3 Å². The molecular weight excluding hydrogens is 335 g/mol. The molecule has 130 valence electrons. The summed E-state index contributed by atoms with van der Waals surface area (Å²) in [6.45, 7) is 7.35. The van der Waals surface area contributed by atoms with Gasteiger partial charge in [-0.15, -0.1) is 11.3 Å². The highest BCUT2D eigenvalue weighted by molar-refractivity contribution is 7.18. The Kier molecular flexibility index (Phi) is 4.29. The van der Waals surface area contributed by atoms with Crippen LogP contribution < -0.4 is 9.80 Å². The van der Waals surface area contributed by atoms with Crippen molar-refractivity contribution in [2.75, 3.05) is 36.0 Å². The first kappa shape index (κ1) is 16.3. The predicted molar refractivity (Wildman–Crippen MR) is 102 cm³/mol. The van der Waals surface area contributed by atoms with Crippen molar-refractivity contribution in [1.82, 2.24) is 9.97 Å². The molecule has 0 atom stereocenters. The summed E-state index contributed by atoms with van der Waals surface area (Å²) in [5.41, 5.74) is 0.690. The standard InChI is InChI=1S/C19H21FN4S/c1-3-14-12-15-18(21-13(2)22-19(15)25-14)24-10-8-23(9-11-24)17-7-5-4-6-16(17)20/h4-7,12H,3,8-11H2,1-2H3. The molecule has 2 aromatic heterocycles. The summed E-state index contributed by atoms with van der Waals surface area (Å²) in [5, 5.41) is 1.15. The Balaban J connectivity index is 1.59. The molecule has 0 radical (unpaired) electrons. The van der Waals surface area contributed by atoms with E-state index in [0.29, 0.717) is 5.69 Å². The largest absolute Gasteiger partial charge is 0.366 e. The second kappa shape index (κ2) is 6.59. The van der Waals surface area contributed by atoms with E-state index in [0.717, 1.165) is 54.5 Å². The van der Waals surface area contributed by atoms with Crippen LogP contribution >= 0.6 is 11.3 Å². The molecule has 0 N–H and O–H groups in total. The van der Waals surface area contributed by atoms with Crippen LogP contribution in [0.25, 0.3) is 10.2 Å². The van der Waals surface area contributed by atoms with Gasteiger partial charge in [0.2, 0.25) is 0 Å². The number of aromatic nitrogens is 2. The van der Waals surface area contributed by atoms with E-state index in [9.17, 15) is 4.39 Å². The van der Waals surface area contributed by atoms with Crippen molar-refractivity contribution >= 4 is 33.1 Å². The lowest BCUT2D eigenvalue weighted by Gasteiger charge is -2.37. The molecule has 0 aliphatic carbocycles. The maximum Gasteiger partial charge on any atom is 0.146 e. The zero-order valence-electron chi connectivity index (χ0n) is 14.5. The van der Waals surface area contributed by atoms with Crippen molar-refractivity contribution in [3.63, 3.8) is 0 Å². The maximum atomic E-state index is 14.0. The molecule has 25 heavy (non-hydrogen) atoms. The molecular formula is C19H21FN4S. The minimum Gasteiger partial charge on any atom is -0.366 e. The van der Waals surface area contributed by atoms with Crippen LogP contribution in [-0.2, 0) is 6.42 Å². The summed E-state index contributed by atoms with van der Waals surface area (Å²) in [7, 11) is 0. The van der Waals surface area contributed by atoms with Gasteiger partial charge in [0.15, 0.2) is 0 Å². The van der Waals surface area contributed by atoms with Gasteiger partial charge in [-0.25, -0.2) is 14.4 Å². The third kappa shape index (κ3) is 3.06. The van der Waals surface area contributed by atoms with Crippen LogP contribution in [0.1, 0.15) is 17.6 Å². The number of anilines is 2. The van der Waals surface area contributed by atoms with Gasteiger partial charge >= 0.3 is 0 Å². The number of thiophene rings is 1. The molecule has 3 aromatic rings. The Labute approximate surface area is 150 Å². The molecule has 1 aromatic carbocycles. The zero-order chi connectivity index (χ0) is 17.4. The first-order valence-electron chi connectivity index (χ1n) is 8.67. The number of para-hydroxylation sites is 1. The van der Waals surface area contributed by atoms with Crippen LogP contribution in [0.3, 0.4) is 0 Å². The molecule has 0 spiro atoms. The minimum absolute atomic E-state index is 0.151. The molecule has 6 heteroatoms. The number of hydrogen-bond acceptors (Lipinski definition) is 5. The molecule has 1 aliphatic heterocycles. The van der Waals surface area contributed by atoms with Crippen LogP contribution in [0.15, 0.2) is 30.3 Å². The second-order valence-electron chi connectivity index (χ2n) is 6.31. The highest BCUT2D eigenvalue weighted by atomic mass is 32.1. The summed E-state index contributed by atoms with van der Waals surface area (Å²) in [4.78, 5) is 16.1. The Morgan fingerprint density at radius 2 is 1.80 bits per heavy atom. The van der Waals surface area contributed by atoms with E-state index in [-0.39, 0.29) is 5.82 Å². The van der Waals surface area contributed by atoms with Crippen molar-refractivity contribution in [2.24, 2.45) is 0 Å². The highest BCUT2D eigenvalue weighted by Crippen LogP contribution is 2.32. The smallest absolute Gasteiger partial charge is 0.146 e. The molecule has 1 fully saturated rings. The second-order valence-corrected chi connectivity index (χ2v) is 7.42. The third-order valence-corrected chi connectivity index (χ3v) is 5.83. The predicted octanol–water partition coefficient (Wildman–Crippen LogP) is 4.03. The summed E-state index contributed by atoms with van der Waals surface area (Å²) in [6.07, 6.45) is 1.01. The van der Waals surface area contributed by atoms with Gasteiger partial charge in [0, 0.05) is 31.1 Å². The first-order valence-corrected chi connectivity index (χ1v) is 9.49. The van der Waals surface area contributed by atoms with Gasteiger partial charge in [-0.05, 0) is 31.5 Å². The van der Waals surface area contributed by atoms with Crippen LogP contribution in [0.2, 0.25) is 0 Å². The fourth-order valence-electron chi connectivity index (χ4n) is 3.34. The normalized spacial score (nSPS) is 15.2. The van der Waals surface area contributed by atoms with E-state index in [4.69, 9.17) is 4.98 Å². The minimum atomic E-state index is -0.151. The lowest BCUT2D eigenvalue weighted by atomic mass is 10.2. The van der Waals surface area contributed by atoms with Crippen molar-refractivity contribution in [1.29, 1.82) is 0 Å². The Morgan fingerprint density at radius 3 is 2.52 bits per heavy atom. The molecule has 1 saturated heterocycles. The molecule has 0 unspecified atom stereocenters. The van der Waals surface area contributed by atoms with Gasteiger partial charge in [0.05, 0.1) is 11.1 Å². The molecule has 0 amide bonds. The average Bonchev–Trinajstić information content (AvgIpc) is 3.04. The van der Waals surface area contributed by atoms with Crippen LogP contribution in [0.5, 0.6) is 0 Å². The average molecular weight is 356 g/mol. The van der Waals surface area contributed by atoms with Crippen LogP contribution in [-0.4, -0.2) is 36.1 Å². The number of nitrogens with zero attached hydrogens (tertiary/aromatic N) is 4. The molecule has 0 saturated carbocycles. The van der Waals surface area contributed by atoms with Gasteiger partial charge in [0.1, 0.15) is 22.3 Å². The number of benzene rings is 1. The van der Waals surface area contributed by atoms with Gasteiger partial charge < -0.3 is 9.80 Å². The fourth-order valence-corrected chi connectivity index (χ4v) is 4.35. The Hall–Kier alpha value is -2.21. The van der Waals surface area contributed by atoms with Gasteiger partial charge in [-0.3, -0.25) is 0 Å². The number of hydrogen-bond donors (Lipinski definition) is 0. The maximum absolute atomic E-state index is 14.0. The number of piperazine rings is 1. The summed E-state index contributed by atoms with van der Waals surface area (Å²) in [6, 6.07) is 9.22. The van der Waals surface area contributed by atoms with Gasteiger partial charge in [-0.2, -0.15) is 0 Å². The fraction of sp³-hybridized carbons (Fsp3) is 0.368. The van der Waals surface area contributed by atoms with Gasteiger partial charge in [0.25, 0.3) is 0 Å². The Bertz CT molecular complexity index is 900. The molecule has 4 nitrogen and oxygen atoms in total. The zero-order valence-corrected chi connectivity index (χ0v) is 15.3. The summed E-state index contributed by atoms with van der Waals surface area (Å²) in [5.74, 6) is 1.68. The van der Waals surface area contributed by atoms with Crippen molar-refractivity contribution < 1.29 is 4.39 Å². The quantitative estimate of drug-likeness (QED) is 0.709. The van der Waals surface area contributed by atoms with E-state index in [1.165, 1.54) is 10.9 Å². The van der Waals surface area contributed by atoms with Crippen molar-refractivity contribution in [3.8, 4) is 0 Å². The molecule has 3 heterocycles. The monoisotopic (exact) mass is 356 g/mol. The number of halogens is 1. The highest BCUT2D eigenvalue weighted by Gasteiger charge is 2.22. The van der Waals surface area contributed by atoms with Crippen LogP contribution in [0, 0.1) is 12.7 Å². The SMILES string of the molecule is CCc1cc2c(N3CCN(c4ccccc4F)CC3)nc(C)nc2s1. The van der Waals surface area contributed by atoms with E-state index < -0.39 is 0 Å². The van der Waals surface area contributed by atoms with E-state index in [1.807, 2.05) is 19.1 Å².